The Labute approximate surface area is 208 Å². The van der Waals surface area contributed by atoms with Crippen LogP contribution in [0.15, 0.2) is 60.7 Å². The Morgan fingerprint density at radius 2 is 1.43 bits per heavy atom. The third-order valence-electron chi connectivity index (χ3n) is 6.51. The molecule has 35 heavy (non-hydrogen) atoms. The number of hydrogen-bond donors (Lipinski definition) is 0. The van der Waals surface area contributed by atoms with Crippen LogP contribution in [0.3, 0.4) is 0 Å². The molecule has 0 N–H and O–H groups in total. The van der Waals surface area contributed by atoms with Crippen molar-refractivity contribution in [1.29, 1.82) is 0 Å². The molecule has 1 aliphatic rings. The predicted molar refractivity (Wildman–Crippen MR) is 134 cm³/mol. The zero-order chi connectivity index (χ0) is 26.4. The molecule has 2 aromatic carbocycles. The van der Waals surface area contributed by atoms with Gasteiger partial charge in [-0.25, -0.2) is 0 Å². The number of carbonyl (C=O) groups excluding carboxylic acids is 1. The lowest BCUT2D eigenvalue weighted by atomic mass is 10.2. The topological polar surface area (TPSA) is 35.5 Å². The van der Waals surface area contributed by atoms with Gasteiger partial charge in [0.1, 0.15) is 5.25 Å². The van der Waals surface area contributed by atoms with Gasteiger partial charge >= 0.3 is 5.97 Å². The van der Waals surface area contributed by atoms with Gasteiger partial charge in [-0.1, -0.05) is 101 Å². The first kappa shape index (κ1) is 28.0. The average Bonchev–Trinajstić information content (AvgIpc) is 3.35. The van der Waals surface area contributed by atoms with Crippen LogP contribution < -0.4 is 10.4 Å². The highest BCUT2D eigenvalue weighted by Crippen LogP contribution is 3.06. The van der Waals surface area contributed by atoms with Crippen molar-refractivity contribution in [2.45, 2.75) is 49.3 Å². The minimum atomic E-state index is -9.95. The van der Waals surface area contributed by atoms with E-state index in [-0.39, 0.29) is 6.61 Å². The zero-order valence-corrected chi connectivity index (χ0v) is 22.5. The van der Waals surface area contributed by atoms with E-state index in [1.54, 1.807) is 0 Å². The van der Waals surface area contributed by atoms with Crippen molar-refractivity contribution in [3.8, 4) is 0 Å². The summed E-state index contributed by atoms with van der Waals surface area (Å²) in [7, 11) is -13.0. The molecule has 3 nitrogen and oxygen atoms in total. The van der Waals surface area contributed by atoms with Crippen LogP contribution in [0.25, 0.3) is 0 Å². The van der Waals surface area contributed by atoms with Gasteiger partial charge in [0.15, 0.2) is 0 Å². The van der Waals surface area contributed by atoms with E-state index >= 15 is 0 Å². The summed E-state index contributed by atoms with van der Waals surface area (Å²) in [6.45, 7) is 5.89. The van der Waals surface area contributed by atoms with Crippen molar-refractivity contribution in [2.75, 3.05) is 13.2 Å². The van der Waals surface area contributed by atoms with E-state index in [1.165, 1.54) is 0 Å². The number of esters is 1. The number of rotatable bonds is 9. The molecular formula is C24H30ClF5O3SSi. The van der Waals surface area contributed by atoms with Gasteiger partial charge in [-0.3, -0.25) is 4.79 Å². The second kappa shape index (κ2) is 8.46. The molecule has 1 aliphatic carbocycles. The summed E-state index contributed by atoms with van der Waals surface area (Å²) in [5.41, 5.74) is 0. The molecular weight excluding hydrogens is 527 g/mol. The lowest BCUT2D eigenvalue weighted by Gasteiger charge is -2.44. The first-order valence-electron chi connectivity index (χ1n) is 11.1. The molecule has 0 bridgehead atoms. The third kappa shape index (κ3) is 5.70. The summed E-state index contributed by atoms with van der Waals surface area (Å²) in [5.74, 6) is -2.60. The van der Waals surface area contributed by atoms with Crippen molar-refractivity contribution in [3.63, 3.8) is 0 Å². The van der Waals surface area contributed by atoms with Crippen LogP contribution >= 0.6 is 21.8 Å². The van der Waals surface area contributed by atoms with Crippen molar-refractivity contribution in [2.24, 2.45) is 5.92 Å². The SMILES string of the molecule is CC(=O)OC[C@@H]1[C@@H](S(F)(F)(F)(F)F)[C@@]1(Cl)CCO[Si](c1ccccc1)(c1ccccc1)C(C)(C)C. The molecule has 0 amide bonds. The fourth-order valence-electron chi connectivity index (χ4n) is 5.01. The van der Waals surface area contributed by atoms with E-state index in [0.29, 0.717) is 0 Å². The average molecular weight is 557 g/mol. The Balaban J connectivity index is 1.95. The number of alkyl halides is 1. The molecule has 196 valence electrons. The summed E-state index contributed by atoms with van der Waals surface area (Å²) < 4.78 is 80.1. The van der Waals surface area contributed by atoms with Gasteiger partial charge in [0.25, 0.3) is 18.5 Å². The Kier molecular flexibility index (Phi) is 6.76. The number of carbonyl (C=O) groups is 1. The molecule has 0 unspecified atom stereocenters. The lowest BCUT2D eigenvalue weighted by Crippen LogP contribution is -2.66. The molecule has 3 atom stereocenters. The number of halogens is 6. The van der Waals surface area contributed by atoms with Crippen LogP contribution in [-0.4, -0.2) is 37.6 Å². The molecule has 0 heterocycles. The highest BCUT2D eigenvalue weighted by molar-refractivity contribution is 8.46. The molecule has 1 saturated carbocycles. The van der Waals surface area contributed by atoms with Crippen LogP contribution in [0.2, 0.25) is 5.04 Å². The van der Waals surface area contributed by atoms with Gasteiger partial charge in [0.2, 0.25) is 0 Å². The summed E-state index contributed by atoms with van der Waals surface area (Å²) in [5, 5.41) is -1.70. The quantitative estimate of drug-likeness (QED) is 0.148. The van der Waals surface area contributed by atoms with Gasteiger partial charge < -0.3 is 9.16 Å². The number of benzene rings is 2. The van der Waals surface area contributed by atoms with Gasteiger partial charge in [0.05, 0.1) is 11.5 Å². The predicted octanol–water partition coefficient (Wildman–Crippen LogP) is 6.79. The van der Waals surface area contributed by atoms with E-state index in [1.807, 2.05) is 81.4 Å². The lowest BCUT2D eigenvalue weighted by molar-refractivity contribution is -0.141. The third-order valence-corrected chi connectivity index (χ3v) is 14.1. The standard InChI is InChI=1S/C24H30ClF5O3SSi/c1-18(31)32-17-21-22(34(26,27,28,29)30)24(21,25)15-16-33-35(23(2,3)4,19-11-7-5-8-12-19)20-13-9-6-10-14-20/h5-14,21-22H,15-17H2,1-4H3/t21-,22-,24-/m1/s1. The summed E-state index contributed by atoms with van der Waals surface area (Å²) in [6.07, 6.45) is -0.471. The Morgan fingerprint density at radius 1 is 0.971 bits per heavy atom. The second-order valence-electron chi connectivity index (χ2n) is 10.0. The van der Waals surface area contributed by atoms with Crippen LogP contribution in [0, 0.1) is 5.92 Å². The van der Waals surface area contributed by atoms with Gasteiger partial charge in [-0.2, -0.15) is 0 Å². The van der Waals surface area contributed by atoms with Crippen LogP contribution in [0.1, 0.15) is 34.1 Å². The maximum Gasteiger partial charge on any atom is 0.302 e. The number of ether oxygens (including phenoxy) is 1. The fraction of sp³-hybridized carbons (Fsp3) is 0.458. The highest BCUT2D eigenvalue weighted by atomic mass is 35.5. The smallest absolute Gasteiger partial charge is 0.302 e. The Morgan fingerprint density at radius 3 is 1.80 bits per heavy atom. The Hall–Kier alpha value is -1.62. The fourth-order valence-corrected chi connectivity index (χ4v) is 12.4. The zero-order valence-electron chi connectivity index (χ0n) is 20.0. The molecule has 1 fully saturated rings. The van der Waals surface area contributed by atoms with E-state index in [2.05, 4.69) is 4.74 Å². The molecule has 0 aliphatic heterocycles. The van der Waals surface area contributed by atoms with E-state index in [0.717, 1.165) is 17.3 Å². The van der Waals surface area contributed by atoms with Gasteiger partial charge in [-0.15, -0.1) is 11.6 Å². The van der Waals surface area contributed by atoms with Crippen molar-refractivity contribution in [3.05, 3.63) is 60.7 Å². The molecule has 3 rings (SSSR count). The van der Waals surface area contributed by atoms with Crippen LogP contribution in [0.5, 0.6) is 0 Å². The first-order valence-corrected chi connectivity index (χ1v) is 15.4. The molecule has 2 aromatic rings. The van der Waals surface area contributed by atoms with Gasteiger partial charge in [-0.05, 0) is 21.8 Å². The molecule has 0 saturated heterocycles. The monoisotopic (exact) mass is 556 g/mol. The summed E-state index contributed by atoms with van der Waals surface area (Å²) in [6, 6.07) is 18.8. The largest absolute Gasteiger partial charge is 0.465 e. The summed E-state index contributed by atoms with van der Waals surface area (Å²) in [4.78, 5) is 8.81. The maximum absolute atomic E-state index is 13.8. The van der Waals surface area contributed by atoms with Crippen molar-refractivity contribution in [1.82, 2.24) is 0 Å². The second-order valence-corrected chi connectivity index (χ2v) is 17.6. The normalized spacial score (nSPS) is 24.9. The molecule has 0 spiro atoms. The van der Waals surface area contributed by atoms with E-state index in [4.69, 9.17) is 16.0 Å². The molecule has 0 aromatic heterocycles. The minimum Gasteiger partial charge on any atom is -0.465 e. The van der Waals surface area contributed by atoms with Crippen molar-refractivity contribution < 1.29 is 33.4 Å². The molecule has 11 heteroatoms. The van der Waals surface area contributed by atoms with E-state index < -0.39 is 58.6 Å². The minimum absolute atomic E-state index is 0.266. The van der Waals surface area contributed by atoms with Crippen LogP contribution in [-0.2, 0) is 14.0 Å². The maximum atomic E-state index is 13.8. The molecule has 0 radical (unpaired) electrons. The van der Waals surface area contributed by atoms with Crippen LogP contribution in [0.4, 0.5) is 19.4 Å². The van der Waals surface area contributed by atoms with Crippen molar-refractivity contribution >= 4 is 46.5 Å². The first-order chi connectivity index (χ1) is 15.8. The number of hydrogen-bond acceptors (Lipinski definition) is 3. The highest BCUT2D eigenvalue weighted by Gasteiger charge is 2.88. The summed E-state index contributed by atoms with van der Waals surface area (Å²) >= 11 is 6.23. The van der Waals surface area contributed by atoms with Gasteiger partial charge in [0, 0.05) is 19.4 Å². The van der Waals surface area contributed by atoms with E-state index in [9.17, 15) is 24.2 Å². The Bertz CT molecular complexity index is 1030.